The average Bonchev–Trinajstić information content (AvgIpc) is 2.37. The Hall–Kier alpha value is -1.67. The number of hydrogen-bond acceptors (Lipinski definition) is 4. The third-order valence-corrected chi connectivity index (χ3v) is 3.20. The molecule has 1 aromatic carbocycles. The Labute approximate surface area is 130 Å². The van der Waals surface area contributed by atoms with Crippen molar-refractivity contribution in [3.05, 3.63) is 28.2 Å². The molecule has 108 valence electrons. The van der Waals surface area contributed by atoms with Crippen molar-refractivity contribution >= 4 is 45.1 Å². The number of benzene rings is 1. The summed E-state index contributed by atoms with van der Waals surface area (Å²) in [5.74, 6) is -0.151. The van der Waals surface area contributed by atoms with Gasteiger partial charge in [-0.3, -0.25) is 20.4 Å². The number of carbonyl (C=O) groups excluding carboxylic acids is 2. The van der Waals surface area contributed by atoms with Gasteiger partial charge in [-0.1, -0.05) is 15.9 Å². The molecule has 0 atom stereocenters. The van der Waals surface area contributed by atoms with Crippen molar-refractivity contribution in [2.75, 3.05) is 6.61 Å². The molecule has 0 aliphatic heterocycles. The van der Waals surface area contributed by atoms with E-state index in [9.17, 15) is 9.59 Å². The zero-order valence-corrected chi connectivity index (χ0v) is 13.4. The second-order valence-corrected chi connectivity index (χ2v) is 5.15. The predicted octanol–water partition coefficient (Wildman–Crippen LogP) is 1.18. The fraction of sp³-hybridized carbons (Fsp3) is 0.250. The van der Waals surface area contributed by atoms with Gasteiger partial charge >= 0.3 is 0 Å². The van der Waals surface area contributed by atoms with Crippen LogP contribution in [0.2, 0.25) is 0 Å². The summed E-state index contributed by atoms with van der Waals surface area (Å²) < 4.78 is 6.28. The van der Waals surface area contributed by atoms with E-state index < -0.39 is 5.91 Å². The first-order chi connectivity index (χ1) is 9.38. The van der Waals surface area contributed by atoms with E-state index in [0.717, 1.165) is 10.0 Å². The molecule has 0 saturated carbocycles. The summed E-state index contributed by atoms with van der Waals surface area (Å²) >= 11 is 8.13. The zero-order valence-electron chi connectivity index (χ0n) is 11.0. The Morgan fingerprint density at radius 3 is 2.65 bits per heavy atom. The van der Waals surface area contributed by atoms with E-state index in [1.807, 2.05) is 19.1 Å². The predicted molar refractivity (Wildman–Crippen MR) is 82.1 cm³/mol. The summed E-state index contributed by atoms with van der Waals surface area (Å²) in [6, 6.07) is 5.40. The highest BCUT2D eigenvalue weighted by molar-refractivity contribution is 9.10. The second kappa shape index (κ2) is 7.81. The minimum atomic E-state index is -0.418. The minimum Gasteiger partial charge on any atom is -0.484 e. The third-order valence-electron chi connectivity index (χ3n) is 2.10. The number of hydrazine groups is 1. The number of hydrogen-bond donors (Lipinski definition) is 3. The van der Waals surface area contributed by atoms with Gasteiger partial charge in [-0.25, -0.2) is 0 Å². The van der Waals surface area contributed by atoms with Crippen LogP contribution in [-0.2, 0) is 9.59 Å². The number of rotatable bonds is 3. The molecule has 1 aromatic rings. The monoisotopic (exact) mass is 359 g/mol. The van der Waals surface area contributed by atoms with Crippen molar-refractivity contribution in [1.29, 1.82) is 0 Å². The second-order valence-electron chi connectivity index (χ2n) is 3.88. The van der Waals surface area contributed by atoms with Gasteiger partial charge < -0.3 is 10.1 Å². The van der Waals surface area contributed by atoms with Crippen molar-refractivity contribution < 1.29 is 14.3 Å². The van der Waals surface area contributed by atoms with E-state index in [1.165, 1.54) is 6.92 Å². The SMILES string of the molecule is CC(=O)NC(=S)NNC(=O)COc1ccc(Br)c(C)c1. The standard InChI is InChI=1S/C12H14BrN3O3S/c1-7-5-9(3-4-10(7)13)19-6-11(18)15-16-12(20)14-8(2)17/h3-5H,6H2,1-2H3,(H,15,18)(H2,14,16,17,20). The molecule has 6 nitrogen and oxygen atoms in total. The zero-order chi connectivity index (χ0) is 15.1. The van der Waals surface area contributed by atoms with Crippen molar-refractivity contribution in [3.8, 4) is 5.75 Å². The van der Waals surface area contributed by atoms with Crippen molar-refractivity contribution in [2.45, 2.75) is 13.8 Å². The molecule has 0 spiro atoms. The normalized spacial score (nSPS) is 9.55. The molecule has 2 amide bonds. The van der Waals surface area contributed by atoms with E-state index in [4.69, 9.17) is 17.0 Å². The fourth-order valence-electron chi connectivity index (χ4n) is 1.21. The average molecular weight is 360 g/mol. The quantitative estimate of drug-likeness (QED) is 0.557. The van der Waals surface area contributed by atoms with Crippen molar-refractivity contribution in [3.63, 3.8) is 0 Å². The molecule has 0 aliphatic rings. The summed E-state index contributed by atoms with van der Waals surface area (Å²) in [7, 11) is 0. The van der Waals surface area contributed by atoms with Crippen LogP contribution in [0.4, 0.5) is 0 Å². The highest BCUT2D eigenvalue weighted by Gasteiger charge is 2.05. The van der Waals surface area contributed by atoms with Crippen LogP contribution in [0, 0.1) is 6.92 Å². The summed E-state index contributed by atoms with van der Waals surface area (Å²) in [6.07, 6.45) is 0. The molecule has 0 aromatic heterocycles. The number of nitrogens with one attached hydrogen (secondary N) is 3. The number of amides is 2. The summed E-state index contributed by atoms with van der Waals surface area (Å²) in [4.78, 5) is 22.2. The molecule has 0 unspecified atom stereocenters. The van der Waals surface area contributed by atoms with Gasteiger partial charge in [0, 0.05) is 11.4 Å². The number of carbonyl (C=O) groups is 2. The van der Waals surface area contributed by atoms with Gasteiger partial charge in [-0.05, 0) is 42.9 Å². The van der Waals surface area contributed by atoms with Gasteiger partial charge in [-0.2, -0.15) is 0 Å². The Balaban J connectivity index is 2.34. The van der Waals surface area contributed by atoms with Crippen molar-refractivity contribution in [1.82, 2.24) is 16.2 Å². The molecule has 0 heterocycles. The molecular formula is C12H14BrN3O3S. The van der Waals surface area contributed by atoms with Crippen LogP contribution < -0.4 is 20.9 Å². The number of halogens is 1. The Bertz CT molecular complexity index is 537. The number of aryl methyl sites for hydroxylation is 1. The minimum absolute atomic E-state index is 0.0188. The number of thiocarbonyl (C=S) groups is 1. The maximum atomic E-state index is 11.5. The largest absolute Gasteiger partial charge is 0.484 e. The van der Waals surface area contributed by atoms with E-state index >= 15 is 0 Å². The summed E-state index contributed by atoms with van der Waals surface area (Å²) in [5.41, 5.74) is 5.70. The fourth-order valence-corrected chi connectivity index (χ4v) is 1.65. The first-order valence-electron chi connectivity index (χ1n) is 5.64. The van der Waals surface area contributed by atoms with Crippen LogP contribution in [0.5, 0.6) is 5.75 Å². The third kappa shape index (κ3) is 5.98. The molecule has 8 heteroatoms. The number of ether oxygens (including phenoxy) is 1. The smallest absolute Gasteiger partial charge is 0.276 e. The molecule has 0 saturated heterocycles. The van der Waals surface area contributed by atoms with Crippen LogP contribution in [0.3, 0.4) is 0 Å². The Morgan fingerprint density at radius 1 is 1.35 bits per heavy atom. The first-order valence-corrected chi connectivity index (χ1v) is 6.84. The maximum absolute atomic E-state index is 11.5. The van der Waals surface area contributed by atoms with E-state index in [1.54, 1.807) is 6.07 Å². The van der Waals surface area contributed by atoms with Gasteiger partial charge in [0.15, 0.2) is 11.7 Å². The molecule has 3 N–H and O–H groups in total. The lowest BCUT2D eigenvalue weighted by Gasteiger charge is -2.11. The lowest BCUT2D eigenvalue weighted by atomic mass is 10.2. The summed E-state index contributed by atoms with van der Waals surface area (Å²) in [5, 5.41) is 2.33. The molecule has 0 fully saturated rings. The molecule has 0 radical (unpaired) electrons. The highest BCUT2D eigenvalue weighted by Crippen LogP contribution is 2.21. The lowest BCUT2D eigenvalue weighted by molar-refractivity contribution is -0.124. The van der Waals surface area contributed by atoms with E-state index in [0.29, 0.717) is 5.75 Å². The van der Waals surface area contributed by atoms with Crippen LogP contribution in [0.1, 0.15) is 12.5 Å². The molecule has 0 bridgehead atoms. The van der Waals surface area contributed by atoms with Crippen LogP contribution in [0.25, 0.3) is 0 Å². The molecular weight excluding hydrogens is 346 g/mol. The highest BCUT2D eigenvalue weighted by atomic mass is 79.9. The topological polar surface area (TPSA) is 79.5 Å². The van der Waals surface area contributed by atoms with Crippen LogP contribution >= 0.6 is 28.1 Å². The van der Waals surface area contributed by atoms with E-state index in [-0.39, 0.29) is 17.6 Å². The van der Waals surface area contributed by atoms with Gasteiger partial charge in [0.25, 0.3) is 5.91 Å². The molecule has 20 heavy (non-hydrogen) atoms. The van der Waals surface area contributed by atoms with Gasteiger partial charge in [-0.15, -0.1) is 0 Å². The maximum Gasteiger partial charge on any atom is 0.276 e. The van der Waals surface area contributed by atoms with E-state index in [2.05, 4.69) is 32.1 Å². The summed E-state index contributed by atoms with van der Waals surface area (Å²) in [6.45, 7) is 3.07. The van der Waals surface area contributed by atoms with Gasteiger partial charge in [0.1, 0.15) is 5.75 Å². The van der Waals surface area contributed by atoms with Gasteiger partial charge in [0.2, 0.25) is 5.91 Å². The molecule has 0 aliphatic carbocycles. The Kier molecular flexibility index (Phi) is 6.40. The Morgan fingerprint density at radius 2 is 2.05 bits per heavy atom. The molecule has 1 rings (SSSR count). The van der Waals surface area contributed by atoms with Crippen LogP contribution in [0.15, 0.2) is 22.7 Å². The lowest BCUT2D eigenvalue weighted by Crippen LogP contribution is -2.49. The van der Waals surface area contributed by atoms with Crippen LogP contribution in [-0.4, -0.2) is 23.5 Å². The van der Waals surface area contributed by atoms with Crippen molar-refractivity contribution in [2.24, 2.45) is 0 Å². The first kappa shape index (κ1) is 16.4. The van der Waals surface area contributed by atoms with Gasteiger partial charge in [0.05, 0.1) is 0 Å².